The molecule has 376 valence electrons. The number of carbonyl (C=O) groups excluding carboxylic acids is 1. The summed E-state index contributed by atoms with van der Waals surface area (Å²) in [5.74, 6) is 0.619. The Bertz CT molecular complexity index is 3400. The van der Waals surface area contributed by atoms with Gasteiger partial charge in [-0.1, -0.05) is 184 Å². The summed E-state index contributed by atoms with van der Waals surface area (Å²) in [6.07, 6.45) is 7.21. The largest absolute Gasteiger partial charge is 0.383 e. The van der Waals surface area contributed by atoms with Gasteiger partial charge in [0.25, 0.3) is 0 Å². The van der Waals surface area contributed by atoms with E-state index in [1.165, 1.54) is 77.1 Å². The number of imidazole rings is 1. The molecule has 0 aliphatic carbocycles. The predicted molar refractivity (Wildman–Crippen MR) is 315 cm³/mol. The van der Waals surface area contributed by atoms with Gasteiger partial charge < -0.3 is 10.5 Å². The number of benzene rings is 6. The van der Waals surface area contributed by atoms with Crippen LogP contribution in [-0.4, -0.2) is 20.7 Å². The summed E-state index contributed by atoms with van der Waals surface area (Å²) >= 11 is 3.32. The molecule has 0 amide bonds. The smallest absolute Gasteiger partial charge is 0.145 e. The number of hydrogen-bond acceptors (Lipinski definition) is 4. The zero-order valence-corrected chi connectivity index (χ0v) is 47.7. The van der Waals surface area contributed by atoms with Gasteiger partial charge in [0, 0.05) is 27.1 Å². The third-order valence-corrected chi connectivity index (χ3v) is 14.1. The van der Waals surface area contributed by atoms with E-state index in [2.05, 4.69) is 208 Å². The zero-order chi connectivity index (χ0) is 52.7. The van der Waals surface area contributed by atoms with Crippen molar-refractivity contribution in [3.05, 3.63) is 165 Å². The molecular formula is C66H79BrN4O. The average Bonchev–Trinajstić information content (AvgIpc) is 3.71. The third-order valence-electron chi connectivity index (χ3n) is 13.4. The summed E-state index contributed by atoms with van der Waals surface area (Å²) in [4.78, 5) is 20.1. The van der Waals surface area contributed by atoms with E-state index in [4.69, 9.17) is 15.7 Å². The zero-order valence-electron chi connectivity index (χ0n) is 46.2. The number of nitrogen functional groups attached to an aromatic ring is 1. The van der Waals surface area contributed by atoms with E-state index in [0.717, 1.165) is 65.2 Å². The average molecular weight is 1020 g/mol. The van der Waals surface area contributed by atoms with Crippen LogP contribution in [0.1, 0.15) is 138 Å². The van der Waals surface area contributed by atoms with Crippen molar-refractivity contribution in [2.24, 2.45) is 21.7 Å². The molecular weight excluding hydrogens is 945 g/mol. The van der Waals surface area contributed by atoms with Crippen LogP contribution in [0.25, 0.3) is 60.3 Å². The highest BCUT2D eigenvalue weighted by Crippen LogP contribution is 2.40. The lowest BCUT2D eigenvalue weighted by atomic mass is 9.80. The number of anilines is 1. The number of halogens is 1. The van der Waals surface area contributed by atoms with Crippen LogP contribution in [0.4, 0.5) is 5.82 Å². The highest BCUT2D eigenvalue weighted by atomic mass is 79.9. The monoisotopic (exact) mass is 1020 g/mol. The van der Waals surface area contributed by atoms with Gasteiger partial charge in [-0.25, -0.2) is 9.97 Å². The standard InChI is InChI=1S/C33H38N2.C23H30N2.C10H11BrO/c1-21-12-11-13-22(2)30(21)29-20-34-31-26-15-10-9-14-25(26)27-16-23(18-32(3,4)5)24(19-33(6,7)8)17-28(27)35(29)31;1-22(2,3)13-15-11-19-17-9-7-8-10-18(17)21(24)25-20(19)12-16(15)14-23(4,5)6;1-7-4-3-5-8(2)10(7)9(11)6-12/h9-17,20H,18-19H2,1-8H3;7-12H,13-14H2,1-6H3,(H2,24,25);3-6,9H,1-2H3. The quantitative estimate of drug-likeness (QED) is 0.0981. The maximum Gasteiger partial charge on any atom is 0.145 e. The number of nitrogens with two attached hydrogens (primary N) is 1. The maximum atomic E-state index is 10.6. The first kappa shape index (κ1) is 53.9. The molecule has 5 nitrogen and oxygen atoms in total. The Hall–Kier alpha value is -5.85. The van der Waals surface area contributed by atoms with Crippen molar-refractivity contribution >= 4 is 77.0 Å². The van der Waals surface area contributed by atoms with E-state index in [-0.39, 0.29) is 26.5 Å². The number of aryl methyl sites for hydroxylation is 4. The van der Waals surface area contributed by atoms with E-state index in [9.17, 15) is 4.79 Å². The lowest BCUT2D eigenvalue weighted by molar-refractivity contribution is -0.107. The van der Waals surface area contributed by atoms with Crippen molar-refractivity contribution in [2.75, 3.05) is 5.73 Å². The summed E-state index contributed by atoms with van der Waals surface area (Å²) in [7, 11) is 0. The number of nitrogens with zero attached hydrogens (tertiary/aromatic N) is 3. The van der Waals surface area contributed by atoms with Gasteiger partial charge in [-0.15, -0.1) is 0 Å². The Kier molecular flexibility index (Phi) is 15.7. The van der Waals surface area contributed by atoms with Crippen LogP contribution >= 0.6 is 15.9 Å². The van der Waals surface area contributed by atoms with Gasteiger partial charge in [-0.05, 0) is 160 Å². The van der Waals surface area contributed by atoms with Crippen molar-refractivity contribution in [3.8, 4) is 11.3 Å². The Labute approximate surface area is 439 Å². The van der Waals surface area contributed by atoms with Gasteiger partial charge in [0.1, 0.15) is 17.8 Å². The molecule has 0 aliphatic heterocycles. The van der Waals surface area contributed by atoms with E-state index >= 15 is 0 Å². The lowest BCUT2D eigenvalue weighted by Gasteiger charge is -2.26. The second-order valence-electron chi connectivity index (χ2n) is 25.2. The fourth-order valence-electron chi connectivity index (χ4n) is 10.6. The number of hydrogen-bond donors (Lipinski definition) is 1. The molecule has 9 aromatic rings. The molecule has 3 heterocycles. The highest BCUT2D eigenvalue weighted by molar-refractivity contribution is 9.09. The van der Waals surface area contributed by atoms with Crippen LogP contribution in [0.3, 0.4) is 0 Å². The predicted octanol–water partition coefficient (Wildman–Crippen LogP) is 18.2. The number of aromatic nitrogens is 3. The number of rotatable bonds is 7. The summed E-state index contributed by atoms with van der Waals surface area (Å²) in [5.41, 5.74) is 24.6. The van der Waals surface area contributed by atoms with E-state index in [0.29, 0.717) is 5.82 Å². The number of aldehydes is 1. The molecule has 0 saturated carbocycles. The van der Waals surface area contributed by atoms with Crippen LogP contribution in [0.5, 0.6) is 0 Å². The van der Waals surface area contributed by atoms with Crippen LogP contribution in [-0.2, 0) is 30.5 Å². The van der Waals surface area contributed by atoms with E-state index in [1.807, 2.05) is 38.1 Å². The molecule has 3 aromatic heterocycles. The Morgan fingerprint density at radius 2 is 0.944 bits per heavy atom. The van der Waals surface area contributed by atoms with Gasteiger partial charge >= 0.3 is 0 Å². The Balaban J connectivity index is 0.000000178. The molecule has 6 aromatic carbocycles. The number of pyridine rings is 2. The van der Waals surface area contributed by atoms with Gasteiger partial charge in [0.05, 0.1) is 27.8 Å². The number of alkyl halides is 1. The van der Waals surface area contributed by atoms with Crippen molar-refractivity contribution in [1.82, 2.24) is 14.4 Å². The number of carbonyl (C=O) groups is 1. The van der Waals surface area contributed by atoms with E-state index < -0.39 is 0 Å². The molecule has 0 bridgehead atoms. The second kappa shape index (κ2) is 20.9. The van der Waals surface area contributed by atoms with E-state index in [1.54, 1.807) is 0 Å². The molecule has 72 heavy (non-hydrogen) atoms. The SMILES string of the molecule is CC(C)(C)Cc1cc2nc(N)c3ccccc3c2cc1CC(C)(C)C.Cc1cccc(C)c1-c1cnc2c3ccccc3c3cc(CC(C)(C)C)c(CC(C)(C)C)cc3n12.Cc1cccc(C)c1C(Br)C=O. The fourth-order valence-corrected chi connectivity index (χ4v) is 11.3. The van der Waals surface area contributed by atoms with Crippen LogP contribution in [0.2, 0.25) is 0 Å². The van der Waals surface area contributed by atoms with Crippen LogP contribution in [0.15, 0.2) is 115 Å². The van der Waals surface area contributed by atoms with Crippen molar-refractivity contribution in [1.29, 1.82) is 0 Å². The Morgan fingerprint density at radius 1 is 0.528 bits per heavy atom. The summed E-state index contributed by atoms with van der Waals surface area (Å²) < 4.78 is 2.42. The highest BCUT2D eigenvalue weighted by Gasteiger charge is 2.24. The van der Waals surface area contributed by atoms with Crippen LogP contribution in [0, 0.1) is 49.4 Å². The van der Waals surface area contributed by atoms with Gasteiger partial charge in [0.2, 0.25) is 0 Å². The topological polar surface area (TPSA) is 73.3 Å². The molecule has 0 radical (unpaired) electrons. The molecule has 1 atom stereocenters. The first-order valence-corrected chi connectivity index (χ1v) is 26.7. The summed E-state index contributed by atoms with van der Waals surface area (Å²) in [5, 5.41) is 7.26. The molecule has 0 aliphatic rings. The molecule has 0 saturated heterocycles. The van der Waals surface area contributed by atoms with Crippen molar-refractivity contribution < 1.29 is 4.79 Å². The van der Waals surface area contributed by atoms with Gasteiger partial charge in [-0.2, -0.15) is 0 Å². The van der Waals surface area contributed by atoms with Crippen molar-refractivity contribution in [3.63, 3.8) is 0 Å². The van der Waals surface area contributed by atoms with Crippen LogP contribution < -0.4 is 5.73 Å². The minimum atomic E-state index is -0.168. The first-order chi connectivity index (χ1) is 33.6. The maximum absolute atomic E-state index is 10.6. The van der Waals surface area contributed by atoms with Gasteiger partial charge in [0.15, 0.2) is 0 Å². The van der Waals surface area contributed by atoms with Gasteiger partial charge in [-0.3, -0.25) is 4.40 Å². The molecule has 2 N–H and O–H groups in total. The molecule has 1 unspecified atom stereocenters. The summed E-state index contributed by atoms with van der Waals surface area (Å²) in [6.45, 7) is 36.3. The third kappa shape index (κ3) is 12.5. The Morgan fingerprint density at radius 3 is 1.43 bits per heavy atom. The summed E-state index contributed by atoms with van der Waals surface area (Å²) in [6, 6.07) is 39.2. The molecule has 6 heteroatoms. The molecule has 0 spiro atoms. The second-order valence-corrected chi connectivity index (χ2v) is 26.2. The molecule has 9 rings (SSSR count). The molecule has 0 fully saturated rings. The lowest BCUT2D eigenvalue weighted by Crippen LogP contribution is -2.15. The fraction of sp³-hybridized carbons (Fsp3) is 0.379. The minimum Gasteiger partial charge on any atom is -0.383 e. The van der Waals surface area contributed by atoms with Crippen molar-refractivity contribution in [2.45, 2.75) is 141 Å². The normalized spacial score (nSPS) is 12.8. The number of fused-ring (bicyclic) bond motifs is 9. The first-order valence-electron chi connectivity index (χ1n) is 25.8. The minimum absolute atomic E-state index is 0.168.